The molecule has 0 saturated heterocycles. The Hall–Kier alpha value is -3.04. The summed E-state index contributed by atoms with van der Waals surface area (Å²) in [5.74, 6) is -0.237. The standard InChI is InChI=1S/C17H13ClN4O2/c1-22-15-5-3-11(17(23)24)7-14(15)21-16(22)9-20-13-4-2-10(8-19)6-12(13)18/h2-7,20H,9H2,1H3,(H,23,24). The van der Waals surface area contributed by atoms with Crippen LogP contribution >= 0.6 is 11.6 Å². The molecular formula is C17H13ClN4O2. The summed E-state index contributed by atoms with van der Waals surface area (Å²) in [5, 5.41) is 21.6. The Kier molecular flexibility index (Phi) is 4.11. The fourth-order valence-electron chi connectivity index (χ4n) is 2.44. The Bertz CT molecular complexity index is 988. The number of carboxylic acids is 1. The number of carboxylic acid groups (broad SMARTS) is 1. The van der Waals surface area contributed by atoms with E-state index in [1.165, 1.54) is 0 Å². The first-order valence-electron chi connectivity index (χ1n) is 7.12. The highest BCUT2D eigenvalue weighted by molar-refractivity contribution is 6.33. The van der Waals surface area contributed by atoms with E-state index in [1.54, 1.807) is 36.4 Å². The van der Waals surface area contributed by atoms with Crippen LogP contribution in [0.2, 0.25) is 5.02 Å². The lowest BCUT2D eigenvalue weighted by Gasteiger charge is -2.08. The summed E-state index contributed by atoms with van der Waals surface area (Å²) in [6, 6.07) is 11.9. The third-order valence-electron chi connectivity index (χ3n) is 3.76. The van der Waals surface area contributed by atoms with Gasteiger partial charge in [-0.05, 0) is 36.4 Å². The number of halogens is 1. The van der Waals surface area contributed by atoms with Gasteiger partial charge in [-0.1, -0.05) is 11.6 Å². The smallest absolute Gasteiger partial charge is 0.335 e. The second kappa shape index (κ2) is 6.22. The van der Waals surface area contributed by atoms with E-state index >= 15 is 0 Å². The lowest BCUT2D eigenvalue weighted by molar-refractivity contribution is 0.0697. The largest absolute Gasteiger partial charge is 0.478 e. The number of aromatic carboxylic acids is 1. The molecule has 2 N–H and O–H groups in total. The molecule has 7 heteroatoms. The van der Waals surface area contributed by atoms with Crippen molar-refractivity contribution in [1.82, 2.24) is 9.55 Å². The van der Waals surface area contributed by atoms with Crippen molar-refractivity contribution >= 4 is 34.3 Å². The van der Waals surface area contributed by atoms with Gasteiger partial charge in [-0.25, -0.2) is 9.78 Å². The number of nitrogens with zero attached hydrogens (tertiary/aromatic N) is 3. The normalized spacial score (nSPS) is 10.5. The minimum Gasteiger partial charge on any atom is -0.478 e. The van der Waals surface area contributed by atoms with Crippen molar-refractivity contribution in [3.05, 3.63) is 58.4 Å². The molecule has 0 bridgehead atoms. The molecule has 0 saturated carbocycles. The average molecular weight is 341 g/mol. The minimum absolute atomic E-state index is 0.204. The Morgan fingerprint density at radius 1 is 1.38 bits per heavy atom. The molecule has 0 amide bonds. The zero-order chi connectivity index (χ0) is 17.3. The van der Waals surface area contributed by atoms with Gasteiger partial charge in [0.25, 0.3) is 0 Å². The summed E-state index contributed by atoms with van der Waals surface area (Å²) in [6.45, 7) is 0.416. The highest BCUT2D eigenvalue weighted by atomic mass is 35.5. The number of hydrogen-bond acceptors (Lipinski definition) is 4. The zero-order valence-electron chi connectivity index (χ0n) is 12.7. The van der Waals surface area contributed by atoms with Gasteiger partial charge in [-0.3, -0.25) is 0 Å². The van der Waals surface area contributed by atoms with Crippen LogP contribution in [0, 0.1) is 11.3 Å². The number of benzene rings is 2. The maximum Gasteiger partial charge on any atom is 0.335 e. The predicted molar refractivity (Wildman–Crippen MR) is 91.2 cm³/mol. The molecule has 24 heavy (non-hydrogen) atoms. The minimum atomic E-state index is -0.980. The Labute approximate surface area is 142 Å². The Balaban J connectivity index is 1.86. The molecule has 120 valence electrons. The lowest BCUT2D eigenvalue weighted by Crippen LogP contribution is -2.06. The summed E-state index contributed by atoms with van der Waals surface area (Å²) >= 11 is 6.14. The fraction of sp³-hybridized carbons (Fsp3) is 0.118. The third kappa shape index (κ3) is 2.90. The average Bonchev–Trinajstić information content (AvgIpc) is 2.89. The van der Waals surface area contributed by atoms with Gasteiger partial charge in [0, 0.05) is 7.05 Å². The van der Waals surface area contributed by atoms with E-state index in [0.29, 0.717) is 28.3 Å². The van der Waals surface area contributed by atoms with Crippen LogP contribution in [0.4, 0.5) is 5.69 Å². The van der Waals surface area contributed by atoms with Crippen LogP contribution in [0.3, 0.4) is 0 Å². The number of anilines is 1. The van der Waals surface area contributed by atoms with Crippen molar-refractivity contribution in [1.29, 1.82) is 5.26 Å². The van der Waals surface area contributed by atoms with Crippen LogP contribution in [0.15, 0.2) is 36.4 Å². The summed E-state index contributed by atoms with van der Waals surface area (Å²) in [4.78, 5) is 15.5. The quantitative estimate of drug-likeness (QED) is 0.759. The van der Waals surface area contributed by atoms with Crippen molar-refractivity contribution < 1.29 is 9.90 Å². The van der Waals surface area contributed by atoms with Crippen LogP contribution in [0.5, 0.6) is 0 Å². The summed E-state index contributed by atoms with van der Waals surface area (Å²) in [6.07, 6.45) is 0. The molecule has 0 aliphatic heterocycles. The van der Waals surface area contributed by atoms with Gasteiger partial charge in [-0.15, -0.1) is 0 Å². The van der Waals surface area contributed by atoms with E-state index in [2.05, 4.69) is 10.3 Å². The third-order valence-corrected chi connectivity index (χ3v) is 4.07. The van der Waals surface area contributed by atoms with E-state index in [-0.39, 0.29) is 5.56 Å². The number of aromatic nitrogens is 2. The molecular weight excluding hydrogens is 328 g/mol. The molecule has 0 unspecified atom stereocenters. The van der Waals surface area contributed by atoms with Gasteiger partial charge >= 0.3 is 5.97 Å². The molecule has 3 aromatic rings. The first kappa shape index (κ1) is 15.8. The Morgan fingerprint density at radius 2 is 2.17 bits per heavy atom. The molecule has 0 aliphatic carbocycles. The highest BCUT2D eigenvalue weighted by Crippen LogP contribution is 2.24. The number of nitrogens with one attached hydrogen (secondary N) is 1. The molecule has 3 rings (SSSR count). The maximum absolute atomic E-state index is 11.1. The van der Waals surface area contributed by atoms with Crippen molar-refractivity contribution in [3.8, 4) is 6.07 Å². The number of nitriles is 1. The summed E-state index contributed by atoms with van der Waals surface area (Å²) < 4.78 is 1.89. The van der Waals surface area contributed by atoms with Crippen LogP contribution in [0.25, 0.3) is 11.0 Å². The molecule has 0 fully saturated rings. The molecule has 0 spiro atoms. The molecule has 0 radical (unpaired) electrons. The monoisotopic (exact) mass is 340 g/mol. The first-order chi connectivity index (χ1) is 11.5. The lowest BCUT2D eigenvalue weighted by atomic mass is 10.2. The maximum atomic E-state index is 11.1. The second-order valence-corrected chi connectivity index (χ2v) is 5.66. The van der Waals surface area contributed by atoms with E-state index in [4.69, 9.17) is 22.0 Å². The summed E-state index contributed by atoms with van der Waals surface area (Å²) in [7, 11) is 1.87. The number of carbonyl (C=O) groups is 1. The fourth-order valence-corrected chi connectivity index (χ4v) is 2.69. The molecule has 1 aromatic heterocycles. The molecule has 2 aromatic carbocycles. The van der Waals surface area contributed by atoms with Crippen molar-refractivity contribution in [2.24, 2.45) is 7.05 Å². The second-order valence-electron chi connectivity index (χ2n) is 5.26. The van der Waals surface area contributed by atoms with E-state index in [9.17, 15) is 4.79 Å². The van der Waals surface area contributed by atoms with Gasteiger partial charge in [0.15, 0.2) is 0 Å². The molecule has 6 nitrogen and oxygen atoms in total. The van der Waals surface area contributed by atoms with Gasteiger partial charge in [0.05, 0.1) is 45.5 Å². The van der Waals surface area contributed by atoms with Crippen molar-refractivity contribution in [2.75, 3.05) is 5.32 Å². The SMILES string of the molecule is Cn1c(CNc2ccc(C#N)cc2Cl)nc2cc(C(=O)O)ccc21. The van der Waals surface area contributed by atoms with Gasteiger partial charge in [-0.2, -0.15) is 5.26 Å². The Morgan fingerprint density at radius 3 is 2.83 bits per heavy atom. The van der Waals surface area contributed by atoms with Gasteiger partial charge in [0.2, 0.25) is 0 Å². The zero-order valence-corrected chi connectivity index (χ0v) is 13.5. The van der Waals surface area contributed by atoms with E-state index in [1.807, 2.05) is 17.7 Å². The number of rotatable bonds is 4. The van der Waals surface area contributed by atoms with Crippen LogP contribution in [-0.2, 0) is 13.6 Å². The highest BCUT2D eigenvalue weighted by Gasteiger charge is 2.11. The van der Waals surface area contributed by atoms with Gasteiger partial charge in [0.1, 0.15) is 5.82 Å². The van der Waals surface area contributed by atoms with Gasteiger partial charge < -0.3 is 15.0 Å². The molecule has 1 heterocycles. The predicted octanol–water partition coefficient (Wildman–Crippen LogP) is 3.41. The van der Waals surface area contributed by atoms with E-state index in [0.717, 1.165) is 11.3 Å². The number of aryl methyl sites for hydroxylation is 1. The van der Waals surface area contributed by atoms with Crippen molar-refractivity contribution in [3.63, 3.8) is 0 Å². The first-order valence-corrected chi connectivity index (χ1v) is 7.49. The van der Waals surface area contributed by atoms with Crippen LogP contribution < -0.4 is 5.32 Å². The van der Waals surface area contributed by atoms with Crippen LogP contribution in [-0.4, -0.2) is 20.6 Å². The number of hydrogen-bond donors (Lipinski definition) is 2. The topological polar surface area (TPSA) is 90.9 Å². The molecule has 0 atom stereocenters. The van der Waals surface area contributed by atoms with Crippen molar-refractivity contribution in [2.45, 2.75) is 6.54 Å². The number of fused-ring (bicyclic) bond motifs is 1. The number of imidazole rings is 1. The summed E-state index contributed by atoms with van der Waals surface area (Å²) in [5.41, 5.74) is 2.88. The van der Waals surface area contributed by atoms with Crippen LogP contribution in [0.1, 0.15) is 21.7 Å². The molecule has 0 aliphatic rings. The van der Waals surface area contributed by atoms with E-state index < -0.39 is 5.97 Å².